The van der Waals surface area contributed by atoms with Crippen LogP contribution in [0.4, 0.5) is 0 Å². The van der Waals surface area contributed by atoms with Gasteiger partial charge in [0, 0.05) is 12.8 Å². The topological polar surface area (TPSA) is 17.1 Å². The molecular formula is C9H16O. The number of carbonyl (C=O) groups is 1. The molecule has 1 aliphatic carbocycles. The lowest BCUT2D eigenvalue weighted by atomic mass is 9.73. The summed E-state index contributed by atoms with van der Waals surface area (Å²) in [5.74, 6) is 2.03. The quantitative estimate of drug-likeness (QED) is 0.588. The van der Waals surface area contributed by atoms with Gasteiger partial charge in [-0.2, -0.15) is 0 Å². The summed E-state index contributed by atoms with van der Waals surface area (Å²) in [4.78, 5) is 10.6. The van der Waals surface area contributed by atoms with Gasteiger partial charge < -0.3 is 0 Å². The maximum atomic E-state index is 10.6. The van der Waals surface area contributed by atoms with E-state index >= 15 is 0 Å². The van der Waals surface area contributed by atoms with E-state index in [1.807, 2.05) is 0 Å². The van der Waals surface area contributed by atoms with Crippen LogP contribution in [0, 0.1) is 11.8 Å². The van der Waals surface area contributed by atoms with Crippen molar-refractivity contribution in [2.24, 2.45) is 11.8 Å². The van der Waals surface area contributed by atoms with Crippen LogP contribution in [-0.4, -0.2) is 5.78 Å². The Morgan fingerprint density at radius 3 is 2.20 bits per heavy atom. The maximum Gasteiger partial charge on any atom is 0.133 e. The lowest BCUT2D eigenvalue weighted by Gasteiger charge is -2.31. The van der Waals surface area contributed by atoms with E-state index in [4.69, 9.17) is 0 Å². The molecule has 1 aliphatic rings. The molecular weight excluding hydrogens is 124 g/mol. The fourth-order valence-corrected chi connectivity index (χ4v) is 1.81. The van der Waals surface area contributed by atoms with Crippen molar-refractivity contribution in [2.45, 2.75) is 39.5 Å². The van der Waals surface area contributed by atoms with Gasteiger partial charge in [-0.3, -0.25) is 4.79 Å². The van der Waals surface area contributed by atoms with Crippen LogP contribution in [0.2, 0.25) is 0 Å². The van der Waals surface area contributed by atoms with Gasteiger partial charge in [-0.1, -0.05) is 26.7 Å². The highest BCUT2D eigenvalue weighted by atomic mass is 16.1. The average Bonchev–Trinajstić information content (AvgIpc) is 1.87. The Balaban J connectivity index is 2.27. The van der Waals surface area contributed by atoms with Crippen LogP contribution in [0.1, 0.15) is 39.5 Å². The first-order valence-electron chi connectivity index (χ1n) is 4.29. The molecule has 1 rings (SSSR count). The molecule has 1 fully saturated rings. The molecule has 0 aliphatic heterocycles. The maximum absolute atomic E-state index is 10.6. The van der Waals surface area contributed by atoms with Gasteiger partial charge in [0.15, 0.2) is 0 Å². The predicted molar refractivity (Wildman–Crippen MR) is 41.8 cm³/mol. The van der Waals surface area contributed by atoms with Crippen molar-refractivity contribution in [1.82, 2.24) is 0 Å². The van der Waals surface area contributed by atoms with Crippen LogP contribution in [-0.2, 0) is 4.79 Å². The Morgan fingerprint density at radius 2 is 1.90 bits per heavy atom. The normalized spacial score (nSPS) is 19.7. The van der Waals surface area contributed by atoms with E-state index in [-0.39, 0.29) is 0 Å². The third-order valence-corrected chi connectivity index (χ3v) is 2.70. The molecule has 0 spiro atoms. The smallest absolute Gasteiger partial charge is 0.133 e. The van der Waals surface area contributed by atoms with E-state index in [1.54, 1.807) is 0 Å². The van der Waals surface area contributed by atoms with E-state index in [2.05, 4.69) is 13.8 Å². The molecule has 0 aromatic rings. The standard InChI is InChI=1S/C9H16O/c1-3-7(4-2)8-5-9(10)6-8/h7-8H,3-6H2,1-2H3. The minimum absolute atomic E-state index is 0.469. The van der Waals surface area contributed by atoms with Crippen molar-refractivity contribution in [3.05, 3.63) is 0 Å². The molecule has 0 bridgehead atoms. The second kappa shape index (κ2) is 3.18. The molecule has 0 atom stereocenters. The van der Waals surface area contributed by atoms with Crippen molar-refractivity contribution in [3.8, 4) is 0 Å². The lowest BCUT2D eigenvalue weighted by molar-refractivity contribution is -0.128. The molecule has 0 unspecified atom stereocenters. The van der Waals surface area contributed by atoms with Gasteiger partial charge in [-0.25, -0.2) is 0 Å². The summed E-state index contributed by atoms with van der Waals surface area (Å²) >= 11 is 0. The molecule has 58 valence electrons. The van der Waals surface area contributed by atoms with Gasteiger partial charge in [-0.15, -0.1) is 0 Å². The van der Waals surface area contributed by atoms with E-state index in [9.17, 15) is 4.79 Å². The van der Waals surface area contributed by atoms with Crippen LogP contribution >= 0.6 is 0 Å². The molecule has 0 N–H and O–H groups in total. The molecule has 1 heteroatoms. The monoisotopic (exact) mass is 140 g/mol. The minimum atomic E-state index is 0.469. The fraction of sp³-hybridized carbons (Fsp3) is 0.889. The summed E-state index contributed by atoms with van der Waals surface area (Å²) in [6.45, 7) is 4.44. The number of hydrogen-bond donors (Lipinski definition) is 0. The Labute approximate surface area is 62.8 Å². The molecule has 1 nitrogen and oxygen atoms in total. The summed E-state index contributed by atoms with van der Waals surface area (Å²) in [5, 5.41) is 0. The van der Waals surface area contributed by atoms with E-state index in [0.717, 1.165) is 24.7 Å². The highest BCUT2D eigenvalue weighted by Crippen LogP contribution is 2.33. The second-order valence-electron chi connectivity index (χ2n) is 3.28. The van der Waals surface area contributed by atoms with Crippen molar-refractivity contribution < 1.29 is 4.79 Å². The summed E-state index contributed by atoms with van der Waals surface area (Å²) in [5.41, 5.74) is 0. The first-order valence-corrected chi connectivity index (χ1v) is 4.29. The first-order chi connectivity index (χ1) is 4.77. The highest BCUT2D eigenvalue weighted by molar-refractivity contribution is 5.84. The van der Waals surface area contributed by atoms with Crippen LogP contribution in [0.15, 0.2) is 0 Å². The Kier molecular flexibility index (Phi) is 2.47. The molecule has 0 aromatic heterocycles. The molecule has 0 amide bonds. The number of Topliss-reactive ketones (excluding diaryl/α,β-unsaturated/α-hetero) is 1. The van der Waals surface area contributed by atoms with Gasteiger partial charge in [-0.05, 0) is 11.8 Å². The highest BCUT2D eigenvalue weighted by Gasteiger charge is 2.31. The van der Waals surface area contributed by atoms with Gasteiger partial charge in [0.2, 0.25) is 0 Å². The van der Waals surface area contributed by atoms with Gasteiger partial charge >= 0.3 is 0 Å². The first kappa shape index (κ1) is 7.77. The lowest BCUT2D eigenvalue weighted by Crippen LogP contribution is -2.29. The van der Waals surface area contributed by atoms with Crippen molar-refractivity contribution >= 4 is 5.78 Å². The molecule has 0 heterocycles. The van der Waals surface area contributed by atoms with Gasteiger partial charge in [0.25, 0.3) is 0 Å². The van der Waals surface area contributed by atoms with E-state index in [1.165, 1.54) is 12.8 Å². The number of ketones is 1. The molecule has 1 saturated carbocycles. The predicted octanol–water partition coefficient (Wildman–Crippen LogP) is 2.40. The van der Waals surface area contributed by atoms with Crippen molar-refractivity contribution in [2.75, 3.05) is 0 Å². The average molecular weight is 140 g/mol. The molecule has 10 heavy (non-hydrogen) atoms. The zero-order valence-electron chi connectivity index (χ0n) is 6.89. The third kappa shape index (κ3) is 1.39. The van der Waals surface area contributed by atoms with Crippen LogP contribution in [0.25, 0.3) is 0 Å². The van der Waals surface area contributed by atoms with Crippen LogP contribution in [0.5, 0.6) is 0 Å². The minimum Gasteiger partial charge on any atom is -0.300 e. The molecule has 0 saturated heterocycles. The number of carbonyl (C=O) groups excluding carboxylic acids is 1. The second-order valence-corrected chi connectivity index (χ2v) is 3.28. The molecule has 0 radical (unpaired) electrons. The van der Waals surface area contributed by atoms with E-state index < -0.39 is 0 Å². The van der Waals surface area contributed by atoms with E-state index in [0.29, 0.717) is 5.78 Å². The van der Waals surface area contributed by atoms with Gasteiger partial charge in [0.05, 0.1) is 0 Å². The summed E-state index contributed by atoms with van der Waals surface area (Å²) < 4.78 is 0. The zero-order chi connectivity index (χ0) is 7.56. The fourth-order valence-electron chi connectivity index (χ4n) is 1.81. The Morgan fingerprint density at radius 1 is 1.40 bits per heavy atom. The Hall–Kier alpha value is -0.330. The SMILES string of the molecule is CCC(CC)C1CC(=O)C1. The summed E-state index contributed by atoms with van der Waals surface area (Å²) in [6.07, 6.45) is 4.22. The largest absolute Gasteiger partial charge is 0.300 e. The number of hydrogen-bond acceptors (Lipinski definition) is 1. The van der Waals surface area contributed by atoms with Gasteiger partial charge in [0.1, 0.15) is 5.78 Å². The van der Waals surface area contributed by atoms with Crippen LogP contribution < -0.4 is 0 Å². The third-order valence-electron chi connectivity index (χ3n) is 2.70. The van der Waals surface area contributed by atoms with Crippen molar-refractivity contribution in [1.29, 1.82) is 0 Å². The zero-order valence-corrected chi connectivity index (χ0v) is 6.89. The summed E-state index contributed by atoms with van der Waals surface area (Å²) in [6, 6.07) is 0. The van der Waals surface area contributed by atoms with Crippen molar-refractivity contribution in [3.63, 3.8) is 0 Å². The van der Waals surface area contributed by atoms with Crippen LogP contribution in [0.3, 0.4) is 0 Å². The summed E-state index contributed by atoms with van der Waals surface area (Å²) in [7, 11) is 0. The Bertz CT molecular complexity index is 117. The molecule has 0 aromatic carbocycles. The number of rotatable bonds is 3.